The molecule has 0 aliphatic rings. The zero-order chi connectivity index (χ0) is 12.4. The van der Waals surface area contributed by atoms with Crippen LogP contribution in [0.25, 0.3) is 11.1 Å². The molecule has 0 unspecified atom stereocenters. The molecular formula is C12H6BrI3O. The van der Waals surface area contributed by atoms with E-state index in [9.17, 15) is 0 Å². The van der Waals surface area contributed by atoms with Crippen molar-refractivity contribution in [1.82, 2.24) is 0 Å². The van der Waals surface area contributed by atoms with Crippen LogP contribution in [-0.2, 0) is 0 Å². The lowest BCUT2D eigenvalue weighted by Crippen LogP contribution is -1.91. The van der Waals surface area contributed by atoms with Gasteiger partial charge in [0.1, 0.15) is 5.75 Å². The largest absolute Gasteiger partial charge is 0.427 e. The number of halogens is 4. The minimum absolute atomic E-state index is 0.891. The molecule has 88 valence electrons. The van der Waals surface area contributed by atoms with Crippen molar-refractivity contribution in [2.24, 2.45) is 0 Å². The number of benzene rings is 2. The van der Waals surface area contributed by atoms with Crippen molar-refractivity contribution in [2.45, 2.75) is 0 Å². The van der Waals surface area contributed by atoms with Gasteiger partial charge in [-0.15, -0.1) is 0 Å². The molecule has 0 saturated heterocycles. The van der Waals surface area contributed by atoms with Crippen LogP contribution in [0.1, 0.15) is 0 Å². The third-order valence-electron chi connectivity index (χ3n) is 2.27. The van der Waals surface area contributed by atoms with Crippen LogP contribution >= 0.6 is 84.1 Å². The predicted molar refractivity (Wildman–Crippen MR) is 99.7 cm³/mol. The summed E-state index contributed by atoms with van der Waals surface area (Å²) in [6, 6.07) is 12.3. The molecule has 1 nitrogen and oxygen atoms in total. The summed E-state index contributed by atoms with van der Waals surface area (Å²) in [6.07, 6.45) is 0. The maximum Gasteiger partial charge on any atom is 0.192 e. The predicted octanol–water partition coefficient (Wildman–Crippen LogP) is 6.05. The second kappa shape index (κ2) is 6.38. The van der Waals surface area contributed by atoms with E-state index >= 15 is 0 Å². The number of rotatable bonds is 2. The molecule has 5 heteroatoms. The summed E-state index contributed by atoms with van der Waals surface area (Å²) in [6.45, 7) is 0. The number of hydrogen-bond acceptors (Lipinski definition) is 1. The minimum Gasteiger partial charge on any atom is -0.427 e. The number of hydrogen-bond donors (Lipinski definition) is 0. The van der Waals surface area contributed by atoms with Gasteiger partial charge in [0.05, 0.1) is 0 Å². The first kappa shape index (κ1) is 14.3. The Morgan fingerprint density at radius 1 is 0.882 bits per heavy atom. The average Bonchev–Trinajstić information content (AvgIpc) is 2.30. The first-order valence-electron chi connectivity index (χ1n) is 4.66. The Bertz CT molecular complexity index is 537. The highest BCUT2D eigenvalue weighted by molar-refractivity contribution is 14.1. The zero-order valence-electron chi connectivity index (χ0n) is 8.38. The molecular weight excluding hydrogens is 621 g/mol. The molecule has 2 rings (SSSR count). The summed E-state index contributed by atoms with van der Waals surface area (Å²) in [5, 5.41) is 0. The molecule has 2 aromatic carbocycles. The summed E-state index contributed by atoms with van der Waals surface area (Å²) < 4.78 is 8.90. The van der Waals surface area contributed by atoms with Gasteiger partial charge < -0.3 is 3.07 Å². The molecule has 17 heavy (non-hydrogen) atoms. The maximum atomic E-state index is 5.43. The minimum atomic E-state index is 0.891. The van der Waals surface area contributed by atoms with Gasteiger partial charge in [0.15, 0.2) is 23.0 Å². The van der Waals surface area contributed by atoms with E-state index < -0.39 is 0 Å². The molecule has 0 amide bonds. The normalized spacial score (nSPS) is 10.4. The molecule has 0 fully saturated rings. The lowest BCUT2D eigenvalue weighted by atomic mass is 10.1. The standard InChI is InChI=1S/C12H6BrI3O/c13-7-3-1-4-8(14)11(7)12-9(15)5-2-6-10(12)17-16/h1-6H. The molecule has 0 aliphatic carbocycles. The summed E-state index contributed by atoms with van der Waals surface area (Å²) in [7, 11) is 0. The van der Waals surface area contributed by atoms with Crippen LogP contribution in [0.4, 0.5) is 0 Å². The SMILES string of the molecule is Brc1cccc(I)c1-c1c(I)cccc1OI. The van der Waals surface area contributed by atoms with Gasteiger partial charge in [-0.3, -0.25) is 0 Å². The molecule has 0 N–H and O–H groups in total. The molecule has 0 heterocycles. The van der Waals surface area contributed by atoms with Crippen LogP contribution in [0, 0.1) is 7.14 Å². The molecule has 0 bridgehead atoms. The van der Waals surface area contributed by atoms with E-state index in [1.807, 2.05) is 41.2 Å². The van der Waals surface area contributed by atoms with Gasteiger partial charge in [-0.25, -0.2) is 0 Å². The van der Waals surface area contributed by atoms with Crippen molar-refractivity contribution in [3.8, 4) is 16.9 Å². The average molecular weight is 627 g/mol. The molecule has 0 saturated carbocycles. The van der Waals surface area contributed by atoms with Crippen LogP contribution in [0.5, 0.6) is 5.75 Å². The third-order valence-corrected chi connectivity index (χ3v) is 5.20. The Labute approximate surface area is 150 Å². The lowest BCUT2D eigenvalue weighted by Gasteiger charge is -2.13. The highest BCUT2D eigenvalue weighted by atomic mass is 127. The zero-order valence-corrected chi connectivity index (χ0v) is 16.4. The van der Waals surface area contributed by atoms with Crippen LogP contribution in [0.15, 0.2) is 40.9 Å². The summed E-state index contributed by atoms with van der Waals surface area (Å²) in [4.78, 5) is 0. The Hall–Kier alpha value is 0.910. The quantitative estimate of drug-likeness (QED) is 0.369. The highest BCUT2D eigenvalue weighted by Gasteiger charge is 2.15. The molecule has 0 spiro atoms. The van der Waals surface area contributed by atoms with E-state index in [0.29, 0.717) is 0 Å². The highest BCUT2D eigenvalue weighted by Crippen LogP contribution is 2.41. The van der Waals surface area contributed by atoms with Gasteiger partial charge >= 0.3 is 0 Å². The van der Waals surface area contributed by atoms with E-state index in [0.717, 1.165) is 15.8 Å². The Morgan fingerprint density at radius 3 is 2.06 bits per heavy atom. The van der Waals surface area contributed by atoms with Gasteiger partial charge in [-0.1, -0.05) is 28.1 Å². The van der Waals surface area contributed by atoms with Gasteiger partial charge in [-0.05, 0) is 69.4 Å². The fourth-order valence-corrected chi connectivity index (χ4v) is 4.36. The molecule has 0 aliphatic heterocycles. The third kappa shape index (κ3) is 3.08. The molecule has 0 aromatic heterocycles. The van der Waals surface area contributed by atoms with Crippen molar-refractivity contribution < 1.29 is 3.07 Å². The van der Waals surface area contributed by atoms with E-state index in [1.54, 1.807) is 0 Å². The summed E-state index contributed by atoms with van der Waals surface area (Å²) >= 11 is 10.2. The van der Waals surface area contributed by atoms with E-state index in [-0.39, 0.29) is 0 Å². The second-order valence-corrected chi connectivity index (χ2v) is 6.91. The summed E-state index contributed by atoms with van der Waals surface area (Å²) in [5.41, 5.74) is 2.32. The monoisotopic (exact) mass is 626 g/mol. The second-order valence-electron chi connectivity index (χ2n) is 3.29. The van der Waals surface area contributed by atoms with Gasteiger partial charge in [0.25, 0.3) is 0 Å². The van der Waals surface area contributed by atoms with Crippen LogP contribution < -0.4 is 3.07 Å². The smallest absolute Gasteiger partial charge is 0.192 e. The fraction of sp³-hybridized carbons (Fsp3) is 0. The molecule has 0 radical (unpaired) electrons. The first-order chi connectivity index (χ1) is 8.15. The molecule has 0 atom stereocenters. The van der Waals surface area contributed by atoms with E-state index in [4.69, 9.17) is 3.07 Å². The van der Waals surface area contributed by atoms with Gasteiger partial charge in [0, 0.05) is 22.7 Å². The topological polar surface area (TPSA) is 9.23 Å². The van der Waals surface area contributed by atoms with Crippen molar-refractivity contribution in [2.75, 3.05) is 0 Å². The van der Waals surface area contributed by atoms with Crippen LogP contribution in [-0.4, -0.2) is 0 Å². The van der Waals surface area contributed by atoms with E-state index in [2.05, 4.69) is 79.3 Å². The van der Waals surface area contributed by atoms with Crippen molar-refractivity contribution in [3.63, 3.8) is 0 Å². The fourth-order valence-electron chi connectivity index (χ4n) is 1.55. The van der Waals surface area contributed by atoms with Gasteiger partial charge in [-0.2, -0.15) is 0 Å². The van der Waals surface area contributed by atoms with Crippen molar-refractivity contribution in [1.29, 1.82) is 0 Å². The first-order valence-corrected chi connectivity index (χ1v) is 8.49. The van der Waals surface area contributed by atoms with E-state index in [1.165, 1.54) is 12.7 Å². The molecule has 2 aromatic rings. The van der Waals surface area contributed by atoms with Crippen molar-refractivity contribution >= 4 is 84.1 Å². The van der Waals surface area contributed by atoms with Gasteiger partial charge in [0.2, 0.25) is 0 Å². The lowest BCUT2D eigenvalue weighted by molar-refractivity contribution is 0.718. The van der Waals surface area contributed by atoms with Crippen molar-refractivity contribution in [3.05, 3.63) is 48.0 Å². The van der Waals surface area contributed by atoms with Crippen LogP contribution in [0.3, 0.4) is 0 Å². The Kier molecular flexibility index (Phi) is 5.37. The van der Waals surface area contributed by atoms with Crippen LogP contribution in [0.2, 0.25) is 0 Å². The Morgan fingerprint density at radius 2 is 1.47 bits per heavy atom. The Balaban J connectivity index is 2.76. The summed E-state index contributed by atoms with van der Waals surface area (Å²) in [5.74, 6) is 0.891. The maximum absolute atomic E-state index is 5.43.